The second-order valence-electron chi connectivity index (χ2n) is 4.68. The lowest BCUT2D eigenvalue weighted by atomic mass is 10.2. The van der Waals surface area contributed by atoms with Gasteiger partial charge in [-0.15, -0.1) is 0 Å². The Hall–Kier alpha value is -1.78. The van der Waals surface area contributed by atoms with Gasteiger partial charge in [0.1, 0.15) is 25.0 Å². The number of aromatic nitrogens is 1. The number of quaternary nitrogens is 1. The molecular weight excluding hydrogens is 240 g/mol. The number of hydrogen-bond acceptors (Lipinski definition) is 2. The smallest absolute Gasteiger partial charge is 0.137 e. The van der Waals surface area contributed by atoms with Crippen molar-refractivity contribution >= 4 is 10.9 Å². The molecule has 0 saturated carbocycles. The van der Waals surface area contributed by atoms with E-state index in [2.05, 4.69) is 17.6 Å². The number of fused-ring (bicyclic) bond motifs is 1. The number of nitrogens with two attached hydrogens (primary N) is 1. The van der Waals surface area contributed by atoms with E-state index in [9.17, 15) is 5.11 Å². The molecule has 0 unspecified atom stereocenters. The lowest BCUT2D eigenvalue weighted by Gasteiger charge is -2.11. The Morgan fingerprint density at radius 1 is 1.53 bits per heavy atom. The number of aryl methyl sites for hydroxylation is 1. The zero-order valence-corrected chi connectivity index (χ0v) is 11.2. The zero-order valence-electron chi connectivity index (χ0n) is 11.2. The van der Waals surface area contributed by atoms with Crippen LogP contribution in [-0.2, 0) is 0 Å². The quantitative estimate of drug-likeness (QED) is 0.513. The molecule has 4 nitrogen and oxygen atoms in total. The van der Waals surface area contributed by atoms with E-state index in [4.69, 9.17) is 4.74 Å². The SMILES string of the molecule is C=CC[NH2+]C[C@H](O)COc1cccc2[nH]c(C)cc12. The predicted molar refractivity (Wildman–Crippen MR) is 76.4 cm³/mol. The summed E-state index contributed by atoms with van der Waals surface area (Å²) in [6.07, 6.45) is 1.34. The highest BCUT2D eigenvalue weighted by molar-refractivity contribution is 5.86. The van der Waals surface area contributed by atoms with E-state index in [1.807, 2.05) is 36.5 Å². The van der Waals surface area contributed by atoms with Crippen LogP contribution in [0.15, 0.2) is 36.9 Å². The molecule has 0 bridgehead atoms. The first-order chi connectivity index (χ1) is 9.20. The van der Waals surface area contributed by atoms with Crippen molar-refractivity contribution in [3.05, 3.63) is 42.6 Å². The molecule has 1 aromatic carbocycles. The Morgan fingerprint density at radius 2 is 2.37 bits per heavy atom. The van der Waals surface area contributed by atoms with Gasteiger partial charge in [-0.25, -0.2) is 0 Å². The number of H-pyrrole nitrogens is 1. The fourth-order valence-electron chi connectivity index (χ4n) is 2.05. The summed E-state index contributed by atoms with van der Waals surface area (Å²) in [4.78, 5) is 3.27. The molecule has 2 aromatic rings. The Bertz CT molecular complexity index is 548. The fourth-order valence-corrected chi connectivity index (χ4v) is 2.05. The summed E-state index contributed by atoms with van der Waals surface area (Å²) < 4.78 is 5.71. The molecule has 1 heterocycles. The molecule has 1 atom stereocenters. The molecule has 4 heteroatoms. The third-order valence-corrected chi connectivity index (χ3v) is 2.96. The number of nitrogens with one attached hydrogen (secondary N) is 1. The van der Waals surface area contributed by atoms with Gasteiger partial charge < -0.3 is 20.1 Å². The number of aliphatic hydroxyl groups excluding tert-OH is 1. The molecule has 0 aliphatic rings. The summed E-state index contributed by atoms with van der Waals surface area (Å²) in [7, 11) is 0. The molecule has 0 saturated heterocycles. The molecule has 0 fully saturated rings. The molecule has 19 heavy (non-hydrogen) atoms. The number of aliphatic hydroxyl groups is 1. The fraction of sp³-hybridized carbons (Fsp3) is 0.333. The highest BCUT2D eigenvalue weighted by atomic mass is 16.5. The van der Waals surface area contributed by atoms with E-state index < -0.39 is 6.10 Å². The van der Waals surface area contributed by atoms with Crippen LogP contribution in [0.2, 0.25) is 0 Å². The van der Waals surface area contributed by atoms with E-state index in [0.29, 0.717) is 13.2 Å². The summed E-state index contributed by atoms with van der Waals surface area (Å²) in [5, 5.41) is 12.9. The summed E-state index contributed by atoms with van der Waals surface area (Å²) in [6, 6.07) is 7.95. The first-order valence-electron chi connectivity index (χ1n) is 6.52. The van der Waals surface area contributed by atoms with E-state index >= 15 is 0 Å². The lowest BCUT2D eigenvalue weighted by molar-refractivity contribution is -0.652. The van der Waals surface area contributed by atoms with Crippen LogP contribution in [-0.4, -0.2) is 35.9 Å². The Kier molecular flexibility index (Phi) is 4.60. The molecule has 0 aliphatic heterocycles. The predicted octanol–water partition coefficient (Wildman–Crippen LogP) is 0.965. The van der Waals surface area contributed by atoms with Crippen molar-refractivity contribution in [3.63, 3.8) is 0 Å². The van der Waals surface area contributed by atoms with Gasteiger partial charge in [0.2, 0.25) is 0 Å². The van der Waals surface area contributed by atoms with Gasteiger partial charge in [0.25, 0.3) is 0 Å². The van der Waals surface area contributed by atoms with Gasteiger partial charge in [-0.2, -0.15) is 0 Å². The summed E-state index contributed by atoms with van der Waals surface area (Å²) in [6.45, 7) is 7.39. The van der Waals surface area contributed by atoms with Crippen LogP contribution < -0.4 is 10.1 Å². The Morgan fingerprint density at radius 3 is 3.16 bits per heavy atom. The van der Waals surface area contributed by atoms with E-state index in [1.165, 1.54) is 0 Å². The van der Waals surface area contributed by atoms with Crippen LogP contribution in [0.4, 0.5) is 0 Å². The van der Waals surface area contributed by atoms with Gasteiger partial charge >= 0.3 is 0 Å². The van der Waals surface area contributed by atoms with Crippen molar-refractivity contribution in [2.24, 2.45) is 0 Å². The summed E-state index contributed by atoms with van der Waals surface area (Å²) >= 11 is 0. The van der Waals surface area contributed by atoms with Gasteiger partial charge in [-0.1, -0.05) is 12.6 Å². The lowest BCUT2D eigenvalue weighted by Crippen LogP contribution is -2.86. The van der Waals surface area contributed by atoms with E-state index in [0.717, 1.165) is 28.9 Å². The monoisotopic (exact) mass is 261 g/mol. The zero-order chi connectivity index (χ0) is 13.7. The molecule has 4 N–H and O–H groups in total. The molecule has 0 spiro atoms. The standard InChI is InChI=1S/C15H20N2O2/c1-3-7-16-9-12(18)10-19-15-6-4-5-14-13(15)8-11(2)17-14/h3-6,8,12,16-18H,1,7,9-10H2,2H3/p+1/t12-/m0/s1. The van der Waals surface area contributed by atoms with Crippen LogP contribution in [0.1, 0.15) is 5.69 Å². The average molecular weight is 261 g/mol. The molecule has 1 aromatic heterocycles. The van der Waals surface area contributed by atoms with Gasteiger partial charge in [0.15, 0.2) is 0 Å². The van der Waals surface area contributed by atoms with Crippen molar-refractivity contribution in [2.75, 3.05) is 19.7 Å². The maximum atomic E-state index is 9.82. The minimum atomic E-state index is -0.477. The maximum Gasteiger partial charge on any atom is 0.137 e. The molecule has 0 radical (unpaired) electrons. The van der Waals surface area contributed by atoms with Crippen LogP contribution in [0.5, 0.6) is 5.75 Å². The van der Waals surface area contributed by atoms with Crippen LogP contribution in [0.25, 0.3) is 10.9 Å². The Labute approximate surface area is 113 Å². The first kappa shape index (κ1) is 13.6. The molecular formula is C15H21N2O2+. The largest absolute Gasteiger partial charge is 0.490 e. The number of aromatic amines is 1. The van der Waals surface area contributed by atoms with E-state index in [-0.39, 0.29) is 0 Å². The van der Waals surface area contributed by atoms with E-state index in [1.54, 1.807) is 0 Å². The highest BCUT2D eigenvalue weighted by Gasteiger charge is 2.09. The second kappa shape index (κ2) is 6.41. The van der Waals surface area contributed by atoms with Gasteiger partial charge in [-0.05, 0) is 31.2 Å². The first-order valence-corrected chi connectivity index (χ1v) is 6.52. The minimum Gasteiger partial charge on any atom is -0.490 e. The molecule has 2 rings (SSSR count). The van der Waals surface area contributed by atoms with Crippen LogP contribution >= 0.6 is 0 Å². The van der Waals surface area contributed by atoms with Crippen LogP contribution in [0, 0.1) is 6.92 Å². The van der Waals surface area contributed by atoms with Crippen molar-refractivity contribution < 1.29 is 15.2 Å². The van der Waals surface area contributed by atoms with Crippen molar-refractivity contribution in [2.45, 2.75) is 13.0 Å². The van der Waals surface area contributed by atoms with Crippen molar-refractivity contribution in [3.8, 4) is 5.75 Å². The number of hydrogen-bond donors (Lipinski definition) is 3. The topological polar surface area (TPSA) is 61.9 Å². The molecule has 102 valence electrons. The minimum absolute atomic E-state index is 0.303. The number of rotatable bonds is 7. The number of benzene rings is 1. The van der Waals surface area contributed by atoms with Crippen LogP contribution in [0.3, 0.4) is 0 Å². The maximum absolute atomic E-state index is 9.82. The van der Waals surface area contributed by atoms with Gasteiger partial charge in [0, 0.05) is 16.6 Å². The van der Waals surface area contributed by atoms with Crippen molar-refractivity contribution in [1.82, 2.24) is 4.98 Å². The molecule has 0 amide bonds. The third kappa shape index (κ3) is 3.59. The normalized spacial score (nSPS) is 12.5. The third-order valence-electron chi connectivity index (χ3n) is 2.96. The summed E-state index contributed by atoms with van der Waals surface area (Å²) in [5.41, 5.74) is 2.16. The summed E-state index contributed by atoms with van der Waals surface area (Å²) in [5.74, 6) is 0.810. The highest BCUT2D eigenvalue weighted by Crippen LogP contribution is 2.26. The average Bonchev–Trinajstić information content (AvgIpc) is 2.77. The second-order valence-corrected chi connectivity index (χ2v) is 4.68. The van der Waals surface area contributed by atoms with Crippen molar-refractivity contribution in [1.29, 1.82) is 0 Å². The Balaban J connectivity index is 1.95. The molecule has 0 aliphatic carbocycles. The number of ether oxygens (including phenoxy) is 1. The van der Waals surface area contributed by atoms with Gasteiger partial charge in [0.05, 0.1) is 6.54 Å². The van der Waals surface area contributed by atoms with Gasteiger partial charge in [-0.3, -0.25) is 0 Å².